The molecule has 1 saturated heterocycles. The van der Waals surface area contributed by atoms with Crippen LogP contribution in [0.5, 0.6) is 0 Å². The molecule has 4 heterocycles. The molecule has 5 rings (SSSR count). The van der Waals surface area contributed by atoms with Gasteiger partial charge in [-0.2, -0.15) is 0 Å². The van der Waals surface area contributed by atoms with Crippen LogP contribution >= 0.6 is 11.6 Å². The van der Waals surface area contributed by atoms with Crippen LogP contribution in [0.2, 0.25) is 5.15 Å². The Morgan fingerprint density at radius 3 is 2.48 bits per heavy atom. The number of hydrogen-bond acceptors (Lipinski definition) is 6. The van der Waals surface area contributed by atoms with Crippen LogP contribution in [-0.2, 0) is 29.0 Å². The van der Waals surface area contributed by atoms with E-state index >= 15 is 0 Å². The Morgan fingerprint density at radius 2 is 1.82 bits per heavy atom. The molecule has 236 valence electrons. The largest absolute Gasteiger partial charge is 0.479 e. The Hall–Kier alpha value is -3.07. The predicted molar refractivity (Wildman–Crippen MR) is 173 cm³/mol. The highest BCUT2D eigenvalue weighted by Crippen LogP contribution is 2.45. The van der Waals surface area contributed by atoms with Gasteiger partial charge in [-0.3, -0.25) is 9.88 Å². The highest BCUT2D eigenvalue weighted by Gasteiger charge is 2.36. The Kier molecular flexibility index (Phi) is 9.09. The summed E-state index contributed by atoms with van der Waals surface area (Å²) >= 11 is 5.92. The van der Waals surface area contributed by atoms with Crippen molar-refractivity contribution in [2.45, 2.75) is 92.5 Å². The monoisotopic (exact) mass is 622 g/mol. The molecule has 1 unspecified atom stereocenters. The van der Waals surface area contributed by atoms with Crippen molar-refractivity contribution < 1.29 is 19.0 Å². The van der Waals surface area contributed by atoms with Gasteiger partial charge in [0, 0.05) is 67.0 Å². The summed E-state index contributed by atoms with van der Waals surface area (Å²) in [4.78, 5) is 26.1. The zero-order valence-corrected chi connectivity index (χ0v) is 27.7. The zero-order chi connectivity index (χ0) is 32.0. The molecule has 0 radical (unpaired) electrons. The van der Waals surface area contributed by atoms with Crippen LogP contribution in [0.25, 0.3) is 11.1 Å². The van der Waals surface area contributed by atoms with Gasteiger partial charge in [0.25, 0.3) is 0 Å². The van der Waals surface area contributed by atoms with Gasteiger partial charge in [0.05, 0.1) is 11.3 Å². The van der Waals surface area contributed by atoms with E-state index in [4.69, 9.17) is 21.3 Å². The van der Waals surface area contributed by atoms with Gasteiger partial charge in [0.2, 0.25) is 0 Å². The van der Waals surface area contributed by atoms with Gasteiger partial charge >= 0.3 is 5.97 Å². The summed E-state index contributed by atoms with van der Waals surface area (Å²) in [5.74, 6) is -1.48. The van der Waals surface area contributed by atoms with Gasteiger partial charge in [-0.05, 0) is 82.1 Å². The number of piperidine rings is 1. The standard InChI is InChI=1S/C35H44ClFN4O3/c1-21-27(24-8-9-25-19-40(15-11-23(25)18-24)20-26-10-14-38-32(36)29(26)37)30(41-16-12-35(6,7)13-17-41)28(22(2)39-21)31(33(42)43)44-34(3,4)5/h8-10,14,18,31H,11-13,15-17,19-20H2,1-7H3,(H,42,43). The van der Waals surface area contributed by atoms with Crippen molar-refractivity contribution in [3.8, 4) is 11.1 Å². The van der Waals surface area contributed by atoms with E-state index in [1.807, 2.05) is 34.6 Å². The maximum atomic E-state index is 14.5. The number of hydrogen-bond donors (Lipinski definition) is 1. The van der Waals surface area contributed by atoms with Crippen LogP contribution < -0.4 is 4.90 Å². The van der Waals surface area contributed by atoms with Crippen molar-refractivity contribution in [1.82, 2.24) is 14.9 Å². The Balaban J connectivity index is 1.57. The molecule has 0 spiro atoms. The van der Waals surface area contributed by atoms with E-state index < -0.39 is 23.5 Å². The number of carbonyl (C=O) groups is 1. The smallest absolute Gasteiger partial charge is 0.337 e. The third-order valence-electron chi connectivity index (χ3n) is 8.88. The first-order valence-corrected chi connectivity index (χ1v) is 15.8. The molecule has 0 bridgehead atoms. The number of ether oxygens (including phenoxy) is 1. The summed E-state index contributed by atoms with van der Waals surface area (Å²) in [6, 6.07) is 8.18. The average molecular weight is 623 g/mol. The van der Waals surface area contributed by atoms with Crippen LogP contribution in [0, 0.1) is 25.1 Å². The second-order valence-corrected chi connectivity index (χ2v) is 14.4. The van der Waals surface area contributed by atoms with Crippen molar-refractivity contribution in [3.63, 3.8) is 0 Å². The highest BCUT2D eigenvalue weighted by atomic mass is 35.5. The fourth-order valence-electron chi connectivity index (χ4n) is 6.47. The number of pyridine rings is 2. The number of aliphatic carboxylic acids is 1. The minimum atomic E-state index is -1.15. The molecule has 0 aliphatic carbocycles. The van der Waals surface area contributed by atoms with Crippen LogP contribution in [0.3, 0.4) is 0 Å². The van der Waals surface area contributed by atoms with E-state index in [0.717, 1.165) is 61.4 Å². The van der Waals surface area contributed by atoms with Crippen molar-refractivity contribution in [2.24, 2.45) is 5.41 Å². The maximum absolute atomic E-state index is 14.5. The lowest BCUT2D eigenvalue weighted by atomic mass is 9.81. The minimum Gasteiger partial charge on any atom is -0.479 e. The van der Waals surface area contributed by atoms with E-state index in [-0.39, 0.29) is 10.6 Å². The topological polar surface area (TPSA) is 78.8 Å². The van der Waals surface area contributed by atoms with E-state index in [2.05, 4.69) is 46.8 Å². The van der Waals surface area contributed by atoms with Crippen molar-refractivity contribution >= 4 is 23.3 Å². The molecule has 0 saturated carbocycles. The molecule has 9 heteroatoms. The van der Waals surface area contributed by atoms with Gasteiger partial charge < -0.3 is 14.7 Å². The lowest BCUT2D eigenvalue weighted by Gasteiger charge is -2.41. The summed E-state index contributed by atoms with van der Waals surface area (Å²) < 4.78 is 20.8. The summed E-state index contributed by atoms with van der Waals surface area (Å²) in [6.07, 6.45) is 3.22. The van der Waals surface area contributed by atoms with Crippen molar-refractivity contribution in [2.75, 3.05) is 24.5 Å². The third kappa shape index (κ3) is 6.93. The first-order chi connectivity index (χ1) is 20.6. The fourth-order valence-corrected chi connectivity index (χ4v) is 6.65. The second kappa shape index (κ2) is 12.4. The molecule has 1 N–H and O–H groups in total. The highest BCUT2D eigenvalue weighted by molar-refractivity contribution is 6.29. The molecule has 2 aromatic heterocycles. The van der Waals surface area contributed by atoms with Gasteiger partial charge in [0.1, 0.15) is 0 Å². The van der Waals surface area contributed by atoms with Crippen LogP contribution in [0.1, 0.15) is 87.2 Å². The summed E-state index contributed by atoms with van der Waals surface area (Å²) in [6.45, 7) is 17.7. The molecule has 7 nitrogen and oxygen atoms in total. The lowest BCUT2D eigenvalue weighted by Crippen LogP contribution is -2.39. The molecule has 1 fully saturated rings. The third-order valence-corrected chi connectivity index (χ3v) is 9.14. The number of aryl methyl sites for hydroxylation is 2. The number of rotatable bonds is 7. The zero-order valence-electron chi connectivity index (χ0n) is 26.9. The number of carboxylic acids is 1. The van der Waals surface area contributed by atoms with Gasteiger partial charge in [-0.1, -0.05) is 43.6 Å². The molecule has 0 amide bonds. The molecule has 44 heavy (non-hydrogen) atoms. The molecule has 2 aliphatic heterocycles. The number of halogens is 2. The second-order valence-electron chi connectivity index (χ2n) is 14.0. The van der Waals surface area contributed by atoms with Gasteiger partial charge in [0.15, 0.2) is 17.1 Å². The minimum absolute atomic E-state index is 0.0999. The molecule has 1 aromatic carbocycles. The molecule has 3 aromatic rings. The van der Waals surface area contributed by atoms with Crippen molar-refractivity contribution in [1.29, 1.82) is 0 Å². The Bertz CT molecular complexity index is 1560. The molecular weight excluding hydrogens is 579 g/mol. The summed E-state index contributed by atoms with van der Waals surface area (Å²) in [5, 5.41) is 10.4. The maximum Gasteiger partial charge on any atom is 0.337 e. The SMILES string of the molecule is Cc1nc(C)c(C(OC(C)(C)C)C(=O)O)c(N2CCC(C)(C)CC2)c1-c1ccc2c(c1)CCN(Cc1ccnc(Cl)c1F)C2. The molecular formula is C35H44ClFN4O3. The summed E-state index contributed by atoms with van der Waals surface area (Å²) in [5.41, 5.74) is 7.63. The first-order valence-electron chi connectivity index (χ1n) is 15.4. The van der Waals surface area contributed by atoms with Crippen LogP contribution in [0.4, 0.5) is 10.1 Å². The van der Waals surface area contributed by atoms with Crippen LogP contribution in [-0.4, -0.2) is 51.2 Å². The number of carboxylic acid groups (broad SMARTS) is 1. The Morgan fingerprint density at radius 1 is 1.11 bits per heavy atom. The normalized spacial score (nSPS) is 17.8. The van der Waals surface area contributed by atoms with E-state index in [1.54, 1.807) is 12.3 Å². The van der Waals surface area contributed by atoms with E-state index in [1.165, 1.54) is 11.1 Å². The first kappa shape index (κ1) is 32.3. The predicted octanol–water partition coefficient (Wildman–Crippen LogP) is 7.68. The fraction of sp³-hybridized carbons (Fsp3) is 0.514. The van der Waals surface area contributed by atoms with Gasteiger partial charge in [-0.15, -0.1) is 0 Å². The number of aromatic nitrogens is 2. The van der Waals surface area contributed by atoms with Crippen LogP contribution in [0.15, 0.2) is 30.5 Å². The molecule has 2 aliphatic rings. The molecule has 1 atom stereocenters. The quantitative estimate of drug-likeness (QED) is 0.271. The number of benzene rings is 1. The Labute approximate surface area is 265 Å². The van der Waals surface area contributed by atoms with Crippen molar-refractivity contribution in [3.05, 3.63) is 75.1 Å². The lowest BCUT2D eigenvalue weighted by molar-refractivity contribution is -0.160. The average Bonchev–Trinajstić information content (AvgIpc) is 2.93. The summed E-state index contributed by atoms with van der Waals surface area (Å²) in [7, 11) is 0. The van der Waals surface area contributed by atoms with Gasteiger partial charge in [-0.25, -0.2) is 14.2 Å². The number of fused-ring (bicyclic) bond motifs is 1. The van der Waals surface area contributed by atoms with E-state index in [9.17, 15) is 14.3 Å². The number of anilines is 1. The van der Waals surface area contributed by atoms with E-state index in [0.29, 0.717) is 29.9 Å². The number of nitrogens with zero attached hydrogens (tertiary/aromatic N) is 4.